The number of esters is 1. The first-order valence-corrected chi connectivity index (χ1v) is 22.0. The molecule has 0 aromatic carbocycles. The topological polar surface area (TPSA) is 131 Å². The number of phosphoric acid groups is 1. The highest BCUT2D eigenvalue weighted by Crippen LogP contribution is 2.42. The average Bonchev–Trinajstić information content (AvgIpc) is 3.11. The largest absolute Gasteiger partial charge is 0.472 e. The van der Waals surface area contributed by atoms with Crippen molar-refractivity contribution < 1.29 is 37.9 Å². The highest BCUT2D eigenvalue weighted by atomic mass is 31.2. The molecule has 298 valence electrons. The van der Waals surface area contributed by atoms with Crippen LogP contribution >= 0.6 is 7.82 Å². The van der Waals surface area contributed by atoms with Gasteiger partial charge in [-0.05, 0) is 64.2 Å². The molecule has 1 amide bonds. The van der Waals surface area contributed by atoms with Gasteiger partial charge in [0.05, 0.1) is 13.2 Å². The lowest BCUT2D eigenvalue weighted by atomic mass is 10.1. The summed E-state index contributed by atoms with van der Waals surface area (Å²) in [5.41, 5.74) is 0. The predicted octanol–water partition coefficient (Wildman–Crippen LogP) is 11.0. The van der Waals surface area contributed by atoms with Gasteiger partial charge in [-0.3, -0.25) is 18.6 Å². The van der Waals surface area contributed by atoms with Crippen molar-refractivity contribution in [1.29, 1.82) is 0 Å². The maximum Gasteiger partial charge on any atom is 0.472 e. The first-order valence-electron chi connectivity index (χ1n) is 20.5. The Morgan fingerprint density at radius 2 is 1.10 bits per heavy atom. The highest BCUT2D eigenvalue weighted by molar-refractivity contribution is 7.47. The Morgan fingerprint density at radius 1 is 0.608 bits per heavy atom. The Hall–Kier alpha value is -1.77. The van der Waals surface area contributed by atoms with Crippen LogP contribution in [0.15, 0.2) is 36.5 Å². The van der Waals surface area contributed by atoms with Crippen LogP contribution in [0, 0.1) is 0 Å². The van der Waals surface area contributed by atoms with Gasteiger partial charge in [0.15, 0.2) is 0 Å². The van der Waals surface area contributed by atoms with Gasteiger partial charge in [-0.15, -0.1) is 0 Å². The molecule has 10 heteroatoms. The zero-order chi connectivity index (χ0) is 37.5. The third-order valence-electron chi connectivity index (χ3n) is 8.52. The number of aliphatic hydroxyl groups excluding tert-OH is 1. The normalized spacial score (nSPS) is 13.7. The van der Waals surface area contributed by atoms with E-state index >= 15 is 0 Å². The first kappa shape index (κ1) is 49.2. The summed E-state index contributed by atoms with van der Waals surface area (Å²) in [7, 11) is -4.42. The molecule has 2 atom stereocenters. The number of unbranched alkanes of at least 4 members (excludes halogenated alkanes) is 19. The Kier molecular flexibility index (Phi) is 36.7. The van der Waals surface area contributed by atoms with Crippen LogP contribution in [0.3, 0.4) is 0 Å². The van der Waals surface area contributed by atoms with Crippen LogP contribution in [0.2, 0.25) is 0 Å². The standard InChI is InChI=1S/C41H76NO8P/c1-3-5-7-9-11-13-15-17-18-19-20-22-24-26-28-30-32-34-41(45)48-37-39(43)38-50-51(46,47)49-36-35-42-40(44)33-31-29-27-25-23-21-16-14-12-10-8-6-4-2/h8,10,14,16-18,39,43H,3-7,9,11-13,15,19-38H2,1-2H3,(H,42,44)(H,46,47)/b10-8-,16-14-,18-17-. The summed E-state index contributed by atoms with van der Waals surface area (Å²) in [6.45, 7) is 3.46. The van der Waals surface area contributed by atoms with Gasteiger partial charge in [-0.1, -0.05) is 140 Å². The fourth-order valence-corrected chi connectivity index (χ4v) is 6.17. The Balaban J connectivity index is 3.62. The number of ether oxygens (including phenoxy) is 1. The molecule has 0 heterocycles. The maximum absolute atomic E-state index is 12.1. The van der Waals surface area contributed by atoms with Crippen LogP contribution in [0.4, 0.5) is 0 Å². The van der Waals surface area contributed by atoms with Crippen molar-refractivity contribution in [3.63, 3.8) is 0 Å². The number of carbonyl (C=O) groups excluding carboxylic acids is 2. The second kappa shape index (κ2) is 38.0. The number of nitrogens with one attached hydrogen (secondary N) is 1. The van der Waals surface area contributed by atoms with Crippen molar-refractivity contribution in [2.75, 3.05) is 26.4 Å². The quantitative estimate of drug-likeness (QED) is 0.0247. The minimum Gasteiger partial charge on any atom is -0.463 e. The molecule has 0 aliphatic heterocycles. The molecule has 2 unspecified atom stereocenters. The average molecular weight is 742 g/mol. The molecule has 3 N–H and O–H groups in total. The zero-order valence-electron chi connectivity index (χ0n) is 32.5. The van der Waals surface area contributed by atoms with Crippen LogP contribution < -0.4 is 5.32 Å². The number of amides is 1. The number of hydrogen-bond donors (Lipinski definition) is 3. The summed E-state index contributed by atoms with van der Waals surface area (Å²) in [6, 6.07) is 0. The second-order valence-corrected chi connectivity index (χ2v) is 15.1. The van der Waals surface area contributed by atoms with Crippen molar-refractivity contribution >= 4 is 19.7 Å². The SMILES string of the molecule is CCC/C=C\C/C=C\CCCCCCCC(=O)NCCOP(=O)(O)OCC(O)COC(=O)CCCCCCCCC/C=C\CCCCCCCC. The summed E-state index contributed by atoms with van der Waals surface area (Å²) >= 11 is 0. The van der Waals surface area contributed by atoms with Gasteiger partial charge in [-0.2, -0.15) is 0 Å². The zero-order valence-corrected chi connectivity index (χ0v) is 33.4. The number of rotatable bonds is 38. The van der Waals surface area contributed by atoms with Crippen LogP contribution in [0.1, 0.15) is 181 Å². The summed E-state index contributed by atoms with van der Waals surface area (Å²) < 4.78 is 26.8. The lowest BCUT2D eigenvalue weighted by Gasteiger charge is -2.15. The van der Waals surface area contributed by atoms with Crippen molar-refractivity contribution in [3.05, 3.63) is 36.5 Å². The van der Waals surface area contributed by atoms with E-state index in [1.165, 1.54) is 83.5 Å². The Bertz CT molecular complexity index is 939. The first-order chi connectivity index (χ1) is 24.8. The number of aliphatic hydroxyl groups is 1. The van der Waals surface area contributed by atoms with E-state index in [0.717, 1.165) is 70.6 Å². The van der Waals surface area contributed by atoms with E-state index in [9.17, 15) is 24.2 Å². The van der Waals surface area contributed by atoms with E-state index < -0.39 is 26.5 Å². The number of phosphoric ester groups is 1. The lowest BCUT2D eigenvalue weighted by Crippen LogP contribution is -2.27. The van der Waals surface area contributed by atoms with Crippen LogP contribution in [-0.2, 0) is 27.9 Å². The minimum atomic E-state index is -4.42. The molecule has 0 aromatic heterocycles. The monoisotopic (exact) mass is 742 g/mol. The number of hydrogen-bond acceptors (Lipinski definition) is 7. The summed E-state index contributed by atoms with van der Waals surface area (Å²) in [4.78, 5) is 33.8. The minimum absolute atomic E-state index is 0.0733. The second-order valence-electron chi connectivity index (χ2n) is 13.6. The molecular weight excluding hydrogens is 665 g/mol. The highest BCUT2D eigenvalue weighted by Gasteiger charge is 2.23. The van der Waals surface area contributed by atoms with Gasteiger partial charge in [0, 0.05) is 19.4 Å². The molecule has 0 aromatic rings. The molecule has 0 spiro atoms. The molecule has 0 aliphatic rings. The molecule has 0 bridgehead atoms. The van der Waals surface area contributed by atoms with Gasteiger partial charge in [0.1, 0.15) is 12.7 Å². The molecule has 0 radical (unpaired) electrons. The lowest BCUT2D eigenvalue weighted by molar-refractivity contribution is -0.147. The van der Waals surface area contributed by atoms with Crippen LogP contribution in [-0.4, -0.2) is 54.3 Å². The van der Waals surface area contributed by atoms with E-state index in [0.29, 0.717) is 6.42 Å². The van der Waals surface area contributed by atoms with E-state index in [4.69, 9.17) is 13.8 Å². The van der Waals surface area contributed by atoms with E-state index in [1.54, 1.807) is 0 Å². The van der Waals surface area contributed by atoms with Gasteiger partial charge in [0.25, 0.3) is 0 Å². The van der Waals surface area contributed by atoms with Gasteiger partial charge in [0.2, 0.25) is 5.91 Å². The van der Waals surface area contributed by atoms with Crippen molar-refractivity contribution in [2.24, 2.45) is 0 Å². The molecule has 0 saturated carbocycles. The van der Waals surface area contributed by atoms with Gasteiger partial charge >= 0.3 is 13.8 Å². The molecule has 9 nitrogen and oxygen atoms in total. The van der Waals surface area contributed by atoms with Crippen molar-refractivity contribution in [3.8, 4) is 0 Å². The smallest absolute Gasteiger partial charge is 0.463 e. The molecule has 0 saturated heterocycles. The summed E-state index contributed by atoms with van der Waals surface area (Å²) in [5.74, 6) is -0.536. The maximum atomic E-state index is 12.1. The van der Waals surface area contributed by atoms with E-state index in [-0.39, 0.29) is 32.1 Å². The fraction of sp³-hybridized carbons (Fsp3) is 0.805. The molecule has 0 rings (SSSR count). The van der Waals surface area contributed by atoms with Crippen LogP contribution in [0.25, 0.3) is 0 Å². The van der Waals surface area contributed by atoms with E-state index in [2.05, 4.69) is 55.6 Å². The molecule has 0 aliphatic carbocycles. The van der Waals surface area contributed by atoms with Gasteiger partial charge < -0.3 is 20.1 Å². The van der Waals surface area contributed by atoms with E-state index in [1.807, 2.05) is 0 Å². The third-order valence-corrected chi connectivity index (χ3v) is 9.51. The summed E-state index contributed by atoms with van der Waals surface area (Å²) in [5, 5.41) is 12.7. The van der Waals surface area contributed by atoms with Crippen LogP contribution in [0.5, 0.6) is 0 Å². The molecular formula is C41H76NO8P. The van der Waals surface area contributed by atoms with Crippen molar-refractivity contribution in [2.45, 2.75) is 187 Å². The number of carbonyl (C=O) groups is 2. The Morgan fingerprint density at radius 3 is 1.67 bits per heavy atom. The predicted molar refractivity (Wildman–Crippen MR) is 211 cm³/mol. The van der Waals surface area contributed by atoms with Gasteiger partial charge in [-0.25, -0.2) is 4.57 Å². The summed E-state index contributed by atoms with van der Waals surface area (Å²) in [6.07, 6.45) is 40.7. The molecule has 51 heavy (non-hydrogen) atoms. The fourth-order valence-electron chi connectivity index (χ4n) is 5.41. The third kappa shape index (κ3) is 39.3. The van der Waals surface area contributed by atoms with Crippen molar-refractivity contribution in [1.82, 2.24) is 5.32 Å². The Labute approximate surface area is 312 Å². The molecule has 0 fully saturated rings. The number of allylic oxidation sites excluding steroid dienone is 6.